The van der Waals surface area contributed by atoms with Crippen molar-refractivity contribution >= 4 is 0 Å². The number of unbranched alkanes of at least 4 members (excludes halogenated alkanes) is 4. The van der Waals surface area contributed by atoms with Crippen LogP contribution >= 0.6 is 0 Å². The lowest BCUT2D eigenvalue weighted by Gasteiger charge is -2.21. The van der Waals surface area contributed by atoms with Crippen LogP contribution in [-0.4, -0.2) is 25.8 Å². The maximum absolute atomic E-state index is 5.36. The number of hydrogen-bond acceptors (Lipinski definition) is 2. The normalized spacial score (nSPS) is 18.5. The molecule has 0 amide bonds. The molecule has 0 saturated carbocycles. The van der Waals surface area contributed by atoms with Gasteiger partial charge < -0.3 is 10.1 Å². The number of ether oxygens (including phenoxy) is 1. The third-order valence-electron chi connectivity index (χ3n) is 2.67. The van der Waals surface area contributed by atoms with E-state index in [0.717, 1.165) is 26.1 Å². The summed E-state index contributed by atoms with van der Waals surface area (Å²) in [7, 11) is 0. The van der Waals surface area contributed by atoms with Gasteiger partial charge in [0.1, 0.15) is 0 Å². The van der Waals surface area contributed by atoms with Crippen molar-refractivity contribution in [3.8, 4) is 0 Å². The van der Waals surface area contributed by atoms with E-state index in [1.54, 1.807) is 0 Å². The molecule has 0 spiro atoms. The molecule has 0 aromatic carbocycles. The van der Waals surface area contributed by atoms with E-state index in [1.165, 1.54) is 32.1 Å². The zero-order valence-corrected chi connectivity index (χ0v) is 12.8. The molecular formula is C15H35NO. The molecule has 0 radical (unpaired) electrons. The van der Waals surface area contributed by atoms with Gasteiger partial charge in [0.2, 0.25) is 0 Å². The summed E-state index contributed by atoms with van der Waals surface area (Å²) in [5.41, 5.74) is 0. The van der Waals surface area contributed by atoms with Gasteiger partial charge in [-0.1, -0.05) is 66.7 Å². The minimum Gasteiger partial charge on any atom is -0.376 e. The second kappa shape index (κ2) is 18.3. The van der Waals surface area contributed by atoms with Crippen molar-refractivity contribution in [3.05, 3.63) is 0 Å². The van der Waals surface area contributed by atoms with E-state index < -0.39 is 0 Å². The molecule has 1 heterocycles. The Hall–Kier alpha value is -0.0800. The van der Waals surface area contributed by atoms with Crippen LogP contribution in [0.3, 0.4) is 0 Å². The van der Waals surface area contributed by atoms with Crippen LogP contribution in [0, 0.1) is 0 Å². The second-order valence-electron chi connectivity index (χ2n) is 4.17. The van der Waals surface area contributed by atoms with E-state index in [0.29, 0.717) is 6.10 Å². The highest BCUT2D eigenvalue weighted by molar-refractivity contribution is 4.63. The first kappa shape index (κ1) is 19.3. The Labute approximate surface area is 110 Å². The van der Waals surface area contributed by atoms with Gasteiger partial charge >= 0.3 is 0 Å². The summed E-state index contributed by atoms with van der Waals surface area (Å²) in [6.07, 6.45) is 8.62. The van der Waals surface area contributed by atoms with Crippen LogP contribution in [0.2, 0.25) is 0 Å². The van der Waals surface area contributed by atoms with E-state index >= 15 is 0 Å². The molecule has 1 rings (SSSR count). The minimum absolute atomic E-state index is 0.476. The molecule has 1 unspecified atom stereocenters. The van der Waals surface area contributed by atoms with Gasteiger partial charge in [0.05, 0.1) is 12.7 Å². The van der Waals surface area contributed by atoms with Gasteiger partial charge in [-0.2, -0.15) is 0 Å². The summed E-state index contributed by atoms with van der Waals surface area (Å²) in [4.78, 5) is 0. The highest BCUT2D eigenvalue weighted by Gasteiger charge is 2.08. The number of morpholine rings is 1. The zero-order valence-electron chi connectivity index (χ0n) is 12.8. The molecule has 0 aliphatic carbocycles. The molecule has 1 fully saturated rings. The Bertz CT molecular complexity index is 107. The van der Waals surface area contributed by atoms with Crippen molar-refractivity contribution in [1.29, 1.82) is 0 Å². The summed E-state index contributed by atoms with van der Waals surface area (Å²) in [6, 6.07) is 0. The molecule has 2 nitrogen and oxygen atoms in total. The summed E-state index contributed by atoms with van der Waals surface area (Å²) in [6.45, 7) is 13.6. The van der Waals surface area contributed by atoms with Gasteiger partial charge in [-0.3, -0.25) is 0 Å². The Kier molecular flexibility index (Phi) is 20.7. The second-order valence-corrected chi connectivity index (χ2v) is 4.17. The molecule has 0 bridgehead atoms. The quantitative estimate of drug-likeness (QED) is 0.725. The maximum atomic E-state index is 5.36. The highest BCUT2D eigenvalue weighted by atomic mass is 16.5. The molecular weight excluding hydrogens is 210 g/mol. The van der Waals surface area contributed by atoms with Crippen LogP contribution in [0.5, 0.6) is 0 Å². The molecule has 1 N–H and O–H groups in total. The lowest BCUT2D eigenvalue weighted by molar-refractivity contribution is 0.0267. The highest BCUT2D eigenvalue weighted by Crippen LogP contribution is 2.00. The fourth-order valence-corrected chi connectivity index (χ4v) is 1.56. The van der Waals surface area contributed by atoms with Gasteiger partial charge in [0, 0.05) is 13.1 Å². The van der Waals surface area contributed by atoms with Crippen molar-refractivity contribution in [3.63, 3.8) is 0 Å². The SMILES string of the molecule is CC.CCC1CNCCO1.CCCCCCC. The molecule has 2 heteroatoms. The fourth-order valence-electron chi connectivity index (χ4n) is 1.56. The van der Waals surface area contributed by atoms with Crippen molar-refractivity contribution in [2.45, 2.75) is 79.2 Å². The summed E-state index contributed by atoms with van der Waals surface area (Å²) in [5.74, 6) is 0. The predicted octanol–water partition coefficient (Wildman–Crippen LogP) is 4.39. The molecule has 1 aliphatic heterocycles. The van der Waals surface area contributed by atoms with Crippen molar-refractivity contribution in [1.82, 2.24) is 5.32 Å². The van der Waals surface area contributed by atoms with Crippen molar-refractivity contribution < 1.29 is 4.74 Å². The number of rotatable bonds is 5. The topological polar surface area (TPSA) is 21.3 Å². The van der Waals surface area contributed by atoms with Gasteiger partial charge in [-0.25, -0.2) is 0 Å². The molecule has 17 heavy (non-hydrogen) atoms. The smallest absolute Gasteiger partial charge is 0.0697 e. The average molecular weight is 245 g/mol. The summed E-state index contributed by atoms with van der Waals surface area (Å²) < 4.78 is 5.36. The Morgan fingerprint density at radius 1 is 1.00 bits per heavy atom. The summed E-state index contributed by atoms with van der Waals surface area (Å²) >= 11 is 0. The van der Waals surface area contributed by atoms with Gasteiger partial charge in [-0.05, 0) is 6.42 Å². The third-order valence-corrected chi connectivity index (χ3v) is 2.67. The molecule has 106 valence electrons. The molecule has 1 saturated heterocycles. The predicted molar refractivity (Wildman–Crippen MR) is 78.7 cm³/mol. The Morgan fingerprint density at radius 2 is 1.59 bits per heavy atom. The van der Waals surface area contributed by atoms with E-state index in [1.807, 2.05) is 13.8 Å². The fraction of sp³-hybridized carbons (Fsp3) is 1.00. The first-order valence-corrected chi connectivity index (χ1v) is 7.67. The van der Waals surface area contributed by atoms with Gasteiger partial charge in [0.15, 0.2) is 0 Å². The number of nitrogens with one attached hydrogen (secondary N) is 1. The minimum atomic E-state index is 0.476. The maximum Gasteiger partial charge on any atom is 0.0697 e. The standard InChI is InChI=1S/C7H16.C6H13NO.C2H6/c1-3-5-7-6-4-2;1-2-6-5-7-3-4-8-6;1-2/h3-7H2,1-2H3;6-7H,2-5H2,1H3;1-2H3. The van der Waals surface area contributed by atoms with Gasteiger partial charge in [0.25, 0.3) is 0 Å². The monoisotopic (exact) mass is 245 g/mol. The molecule has 0 aromatic rings. The molecule has 1 atom stereocenters. The lowest BCUT2D eigenvalue weighted by Crippen LogP contribution is -2.37. The number of hydrogen-bond donors (Lipinski definition) is 1. The molecule has 1 aliphatic rings. The van der Waals surface area contributed by atoms with Crippen LogP contribution < -0.4 is 5.32 Å². The van der Waals surface area contributed by atoms with Crippen LogP contribution in [0.1, 0.15) is 73.1 Å². The molecule has 0 aromatic heterocycles. The van der Waals surface area contributed by atoms with Crippen LogP contribution in [-0.2, 0) is 4.74 Å². The van der Waals surface area contributed by atoms with E-state index in [2.05, 4.69) is 26.1 Å². The van der Waals surface area contributed by atoms with Crippen LogP contribution in [0.4, 0.5) is 0 Å². The first-order valence-electron chi connectivity index (χ1n) is 7.67. The Morgan fingerprint density at radius 3 is 1.88 bits per heavy atom. The third kappa shape index (κ3) is 15.9. The van der Waals surface area contributed by atoms with Gasteiger partial charge in [-0.15, -0.1) is 0 Å². The van der Waals surface area contributed by atoms with Crippen molar-refractivity contribution in [2.75, 3.05) is 19.7 Å². The van der Waals surface area contributed by atoms with E-state index in [-0.39, 0.29) is 0 Å². The first-order chi connectivity index (χ1) is 8.35. The van der Waals surface area contributed by atoms with E-state index in [9.17, 15) is 0 Å². The average Bonchev–Trinajstić information content (AvgIpc) is 2.43. The van der Waals surface area contributed by atoms with E-state index in [4.69, 9.17) is 4.74 Å². The van der Waals surface area contributed by atoms with Crippen LogP contribution in [0.15, 0.2) is 0 Å². The summed E-state index contributed by atoms with van der Waals surface area (Å²) in [5, 5.41) is 3.26. The largest absolute Gasteiger partial charge is 0.376 e. The van der Waals surface area contributed by atoms with Crippen LogP contribution in [0.25, 0.3) is 0 Å². The van der Waals surface area contributed by atoms with Crippen molar-refractivity contribution in [2.24, 2.45) is 0 Å². The lowest BCUT2D eigenvalue weighted by atomic mass is 10.2. The zero-order chi connectivity index (χ0) is 13.4. The Balaban J connectivity index is 0.